The van der Waals surface area contributed by atoms with Crippen molar-refractivity contribution in [2.75, 3.05) is 0 Å². The maximum absolute atomic E-state index is 10.7. The number of nitrogens with zero attached hydrogens (tertiary/aromatic N) is 1. The van der Waals surface area contributed by atoms with Gasteiger partial charge in [0.2, 0.25) is 0 Å². The maximum Gasteiger partial charge on any atom is 0.0846 e. The Kier molecular flexibility index (Phi) is 3.46. The van der Waals surface area contributed by atoms with E-state index in [1.54, 1.807) is 0 Å². The first kappa shape index (κ1) is 16.2. The molecule has 3 aromatic carbocycles. The summed E-state index contributed by atoms with van der Waals surface area (Å²) in [6.45, 7) is 3.70. The van der Waals surface area contributed by atoms with Gasteiger partial charge in [-0.2, -0.15) is 0 Å². The van der Waals surface area contributed by atoms with Crippen LogP contribution in [0.15, 0.2) is 73.1 Å². The van der Waals surface area contributed by atoms with Crippen LogP contribution in [0.3, 0.4) is 0 Å². The topological polar surface area (TPSA) is 33.1 Å². The number of hydrogen-bond acceptors (Lipinski definition) is 2. The first-order valence-corrected chi connectivity index (χ1v) is 9.34. The standard InChI is InChI=1S/C25H21NO/c1-25(2,27)23-10-6-5-8-20(23)22-14-16-13-17-15-26-12-11-18(17)24(16)21-9-4-3-7-19(21)22/h3-12,14-15,27H,13H2,1-2H3. The van der Waals surface area contributed by atoms with Gasteiger partial charge in [0, 0.05) is 18.8 Å². The number of rotatable bonds is 2. The molecule has 4 aromatic rings. The molecule has 1 aliphatic carbocycles. The molecule has 2 heteroatoms. The SMILES string of the molecule is CC(C)(O)c1ccccc1-c1cc2c(c3ccccc13)-c1ccncc1C2. The van der Waals surface area contributed by atoms with Crippen molar-refractivity contribution in [2.45, 2.75) is 25.9 Å². The maximum atomic E-state index is 10.7. The van der Waals surface area contributed by atoms with Crippen LogP contribution in [0.1, 0.15) is 30.5 Å². The van der Waals surface area contributed by atoms with Gasteiger partial charge in [-0.05, 0) is 75.7 Å². The lowest BCUT2D eigenvalue weighted by Gasteiger charge is -2.23. The van der Waals surface area contributed by atoms with Gasteiger partial charge < -0.3 is 5.11 Å². The number of benzene rings is 3. The van der Waals surface area contributed by atoms with Crippen LogP contribution >= 0.6 is 0 Å². The minimum absolute atomic E-state index is 0.899. The van der Waals surface area contributed by atoms with Crippen LogP contribution in [0.5, 0.6) is 0 Å². The summed E-state index contributed by atoms with van der Waals surface area (Å²) < 4.78 is 0. The fourth-order valence-corrected chi connectivity index (χ4v) is 4.38. The van der Waals surface area contributed by atoms with Gasteiger partial charge in [0.1, 0.15) is 0 Å². The molecule has 132 valence electrons. The third-order valence-electron chi connectivity index (χ3n) is 5.56. The van der Waals surface area contributed by atoms with Crippen molar-refractivity contribution in [3.8, 4) is 22.3 Å². The van der Waals surface area contributed by atoms with Crippen LogP contribution in [0.25, 0.3) is 33.0 Å². The molecule has 1 aliphatic rings. The number of pyridine rings is 1. The average molecular weight is 351 g/mol. The molecule has 1 heterocycles. The molecule has 2 nitrogen and oxygen atoms in total. The summed E-state index contributed by atoms with van der Waals surface area (Å²) in [7, 11) is 0. The smallest absolute Gasteiger partial charge is 0.0846 e. The van der Waals surface area contributed by atoms with Crippen molar-refractivity contribution in [1.29, 1.82) is 0 Å². The normalized spacial score (nSPS) is 12.9. The lowest BCUT2D eigenvalue weighted by Crippen LogP contribution is -2.16. The summed E-state index contributed by atoms with van der Waals surface area (Å²) >= 11 is 0. The predicted octanol–water partition coefficient (Wildman–Crippen LogP) is 5.70. The van der Waals surface area contributed by atoms with Crippen molar-refractivity contribution in [3.63, 3.8) is 0 Å². The third-order valence-corrected chi connectivity index (χ3v) is 5.56. The second-order valence-electron chi connectivity index (χ2n) is 7.82. The number of hydrogen-bond donors (Lipinski definition) is 1. The molecule has 0 fully saturated rings. The Balaban J connectivity index is 1.86. The second-order valence-corrected chi connectivity index (χ2v) is 7.82. The number of aliphatic hydroxyl groups is 1. The highest BCUT2D eigenvalue weighted by Crippen LogP contribution is 2.45. The average Bonchev–Trinajstić information content (AvgIpc) is 3.05. The van der Waals surface area contributed by atoms with Crippen LogP contribution < -0.4 is 0 Å². The van der Waals surface area contributed by atoms with E-state index in [-0.39, 0.29) is 0 Å². The fraction of sp³-hybridized carbons (Fsp3) is 0.160. The molecule has 0 radical (unpaired) electrons. The Bertz CT molecular complexity index is 1180. The van der Waals surface area contributed by atoms with E-state index >= 15 is 0 Å². The molecule has 1 aromatic heterocycles. The Morgan fingerprint density at radius 1 is 0.815 bits per heavy atom. The second kappa shape index (κ2) is 5.77. The van der Waals surface area contributed by atoms with Crippen molar-refractivity contribution >= 4 is 10.8 Å². The van der Waals surface area contributed by atoms with Gasteiger partial charge in [0.15, 0.2) is 0 Å². The molecule has 1 N–H and O–H groups in total. The van der Waals surface area contributed by atoms with Gasteiger partial charge >= 0.3 is 0 Å². The zero-order valence-corrected chi connectivity index (χ0v) is 15.5. The Hall–Kier alpha value is -2.97. The van der Waals surface area contributed by atoms with Crippen molar-refractivity contribution < 1.29 is 5.11 Å². The highest BCUT2D eigenvalue weighted by molar-refractivity contribution is 6.08. The molecule has 27 heavy (non-hydrogen) atoms. The molecule has 0 aliphatic heterocycles. The number of fused-ring (bicyclic) bond motifs is 5. The van der Waals surface area contributed by atoms with E-state index < -0.39 is 5.60 Å². The minimum Gasteiger partial charge on any atom is -0.386 e. The van der Waals surface area contributed by atoms with E-state index in [2.05, 4.69) is 47.4 Å². The summed E-state index contributed by atoms with van der Waals surface area (Å²) in [5, 5.41) is 13.2. The molecule has 0 spiro atoms. The Morgan fingerprint density at radius 2 is 1.56 bits per heavy atom. The molecule has 0 amide bonds. The molecular formula is C25H21NO. The van der Waals surface area contributed by atoms with Gasteiger partial charge in [0.05, 0.1) is 5.60 Å². The molecule has 0 saturated heterocycles. The summed E-state index contributed by atoms with van der Waals surface area (Å²) in [5.74, 6) is 0. The quantitative estimate of drug-likeness (QED) is 0.442. The third kappa shape index (κ3) is 2.48. The van der Waals surface area contributed by atoms with E-state index in [0.717, 1.165) is 17.5 Å². The van der Waals surface area contributed by atoms with E-state index in [1.165, 1.54) is 38.6 Å². The lowest BCUT2D eigenvalue weighted by molar-refractivity contribution is 0.0792. The van der Waals surface area contributed by atoms with Crippen LogP contribution in [0, 0.1) is 0 Å². The van der Waals surface area contributed by atoms with E-state index in [9.17, 15) is 5.11 Å². The van der Waals surface area contributed by atoms with Crippen molar-refractivity contribution in [2.24, 2.45) is 0 Å². The molecule has 0 bridgehead atoms. The largest absolute Gasteiger partial charge is 0.386 e. The summed E-state index contributed by atoms with van der Waals surface area (Å²) in [6, 6.07) is 21.2. The first-order valence-electron chi connectivity index (χ1n) is 9.34. The predicted molar refractivity (Wildman–Crippen MR) is 111 cm³/mol. The highest BCUT2D eigenvalue weighted by atomic mass is 16.3. The molecule has 0 unspecified atom stereocenters. The lowest BCUT2D eigenvalue weighted by atomic mass is 9.85. The van der Waals surface area contributed by atoms with Gasteiger partial charge in [-0.15, -0.1) is 0 Å². The van der Waals surface area contributed by atoms with E-state index in [0.29, 0.717) is 0 Å². The van der Waals surface area contributed by atoms with Crippen LogP contribution in [-0.4, -0.2) is 10.1 Å². The first-order chi connectivity index (χ1) is 13.0. The van der Waals surface area contributed by atoms with Crippen LogP contribution in [0.4, 0.5) is 0 Å². The monoisotopic (exact) mass is 351 g/mol. The molecule has 0 saturated carbocycles. The van der Waals surface area contributed by atoms with Crippen LogP contribution in [0.2, 0.25) is 0 Å². The van der Waals surface area contributed by atoms with E-state index in [1.807, 2.05) is 44.4 Å². The summed E-state index contributed by atoms with van der Waals surface area (Å²) in [4.78, 5) is 4.31. The summed E-state index contributed by atoms with van der Waals surface area (Å²) in [5.41, 5.74) is 7.56. The fourth-order valence-electron chi connectivity index (χ4n) is 4.38. The summed E-state index contributed by atoms with van der Waals surface area (Å²) in [6.07, 6.45) is 4.76. The molecule has 5 rings (SSSR count). The van der Waals surface area contributed by atoms with Gasteiger partial charge in [-0.3, -0.25) is 4.98 Å². The molecular weight excluding hydrogens is 330 g/mol. The Labute approximate surface area is 159 Å². The minimum atomic E-state index is -0.899. The number of aromatic nitrogens is 1. The van der Waals surface area contributed by atoms with Crippen molar-refractivity contribution in [3.05, 3.63) is 89.7 Å². The van der Waals surface area contributed by atoms with Gasteiger partial charge in [0.25, 0.3) is 0 Å². The Morgan fingerprint density at radius 3 is 2.37 bits per heavy atom. The van der Waals surface area contributed by atoms with Crippen LogP contribution in [-0.2, 0) is 12.0 Å². The van der Waals surface area contributed by atoms with Gasteiger partial charge in [-0.1, -0.05) is 48.5 Å². The van der Waals surface area contributed by atoms with Gasteiger partial charge in [-0.25, -0.2) is 0 Å². The highest BCUT2D eigenvalue weighted by Gasteiger charge is 2.25. The zero-order valence-electron chi connectivity index (χ0n) is 15.5. The zero-order chi connectivity index (χ0) is 18.6. The van der Waals surface area contributed by atoms with Crippen molar-refractivity contribution in [1.82, 2.24) is 4.98 Å². The van der Waals surface area contributed by atoms with E-state index in [4.69, 9.17) is 0 Å². The molecule has 0 atom stereocenters.